The maximum Gasteiger partial charge on any atom is 0.260 e. The number of nitrogens with zero attached hydrogens (tertiary/aromatic N) is 6. The van der Waals surface area contributed by atoms with Crippen LogP contribution in [0.5, 0.6) is 0 Å². The van der Waals surface area contributed by atoms with E-state index in [-0.39, 0.29) is 5.91 Å². The second-order valence-electron chi connectivity index (χ2n) is 8.75. The Hall–Kier alpha value is -3.49. The number of carbonyl (C=O) groups is 1. The van der Waals surface area contributed by atoms with Gasteiger partial charge in [-0.3, -0.25) is 9.69 Å². The molecular weight excluding hydrogens is 414 g/mol. The number of nitrogens with one attached hydrogen (secondary N) is 1. The average molecular weight is 444 g/mol. The van der Waals surface area contributed by atoms with E-state index in [0.29, 0.717) is 23.0 Å². The largest absolute Gasteiger partial charge is 0.327 e. The predicted octanol–water partition coefficient (Wildman–Crippen LogP) is 3.33. The van der Waals surface area contributed by atoms with Crippen LogP contribution in [0.2, 0.25) is 0 Å². The van der Waals surface area contributed by atoms with Crippen molar-refractivity contribution in [3.63, 3.8) is 0 Å². The highest BCUT2D eigenvalue weighted by Gasteiger charge is 2.28. The Bertz CT molecular complexity index is 1170. The van der Waals surface area contributed by atoms with Crippen molar-refractivity contribution in [1.82, 2.24) is 19.8 Å². The fourth-order valence-electron chi connectivity index (χ4n) is 4.40. The first-order valence-electron chi connectivity index (χ1n) is 11.2. The van der Waals surface area contributed by atoms with E-state index in [4.69, 9.17) is 4.98 Å². The third-order valence-electron chi connectivity index (χ3n) is 6.41. The summed E-state index contributed by atoms with van der Waals surface area (Å²) in [6.45, 7) is 5.31. The van der Waals surface area contributed by atoms with Gasteiger partial charge in [0.05, 0.1) is 17.4 Å². The van der Waals surface area contributed by atoms with Crippen molar-refractivity contribution in [3.05, 3.63) is 65.9 Å². The molecule has 8 heteroatoms. The third kappa shape index (κ3) is 4.27. The number of likely N-dealkylation sites (N-methyl/N-ethyl adjacent to an activating group) is 1. The summed E-state index contributed by atoms with van der Waals surface area (Å²) in [5, 5.41) is 3.35. The quantitative estimate of drug-likeness (QED) is 0.663. The minimum Gasteiger partial charge on any atom is -0.327 e. The molecule has 1 fully saturated rings. The number of amides is 1. The molecule has 0 bridgehead atoms. The van der Waals surface area contributed by atoms with Gasteiger partial charge in [0.2, 0.25) is 5.95 Å². The van der Waals surface area contributed by atoms with E-state index in [9.17, 15) is 4.79 Å². The number of hydrogen-bond acceptors (Lipinski definition) is 7. The second-order valence-corrected chi connectivity index (χ2v) is 8.75. The van der Waals surface area contributed by atoms with Gasteiger partial charge in [0.15, 0.2) is 5.82 Å². The van der Waals surface area contributed by atoms with Gasteiger partial charge in [-0.25, -0.2) is 4.98 Å². The van der Waals surface area contributed by atoms with E-state index in [1.54, 1.807) is 18.1 Å². The van der Waals surface area contributed by atoms with Crippen molar-refractivity contribution >= 4 is 34.7 Å². The number of para-hydroxylation sites is 1. The van der Waals surface area contributed by atoms with Crippen LogP contribution < -0.4 is 15.1 Å². The molecule has 0 unspecified atom stereocenters. The fourth-order valence-corrected chi connectivity index (χ4v) is 4.40. The minimum atomic E-state index is -0.0721. The smallest absolute Gasteiger partial charge is 0.260 e. The summed E-state index contributed by atoms with van der Waals surface area (Å²) in [5.41, 5.74) is 4.35. The summed E-state index contributed by atoms with van der Waals surface area (Å²) in [5.74, 6) is 1.11. The van der Waals surface area contributed by atoms with Crippen LogP contribution in [0.4, 0.5) is 28.8 Å². The first kappa shape index (κ1) is 21.4. The molecule has 0 saturated carbocycles. The van der Waals surface area contributed by atoms with E-state index < -0.39 is 0 Å². The van der Waals surface area contributed by atoms with Crippen LogP contribution in [0.3, 0.4) is 0 Å². The zero-order chi connectivity index (χ0) is 22.9. The lowest BCUT2D eigenvalue weighted by Crippen LogP contribution is -2.43. The summed E-state index contributed by atoms with van der Waals surface area (Å²) in [6, 6.07) is 16.0. The molecule has 2 aliphatic rings. The van der Waals surface area contributed by atoms with Gasteiger partial charge < -0.3 is 20.0 Å². The van der Waals surface area contributed by atoms with Gasteiger partial charge in [-0.2, -0.15) is 4.98 Å². The summed E-state index contributed by atoms with van der Waals surface area (Å²) in [4.78, 5) is 30.7. The first-order chi connectivity index (χ1) is 16.0. The lowest BCUT2D eigenvalue weighted by Gasteiger charge is -2.32. The Morgan fingerprint density at radius 1 is 0.909 bits per heavy atom. The zero-order valence-corrected chi connectivity index (χ0v) is 19.3. The molecular formula is C25H29N7O. The summed E-state index contributed by atoms with van der Waals surface area (Å²) in [7, 11) is 5.86. The number of hydrogen-bond donors (Lipinski definition) is 1. The van der Waals surface area contributed by atoms with E-state index >= 15 is 0 Å². The van der Waals surface area contributed by atoms with E-state index in [1.165, 1.54) is 5.56 Å². The highest BCUT2D eigenvalue weighted by atomic mass is 16.2. The third-order valence-corrected chi connectivity index (χ3v) is 6.41. The molecule has 1 N–H and O–H groups in total. The van der Waals surface area contributed by atoms with Crippen molar-refractivity contribution in [2.24, 2.45) is 0 Å². The maximum absolute atomic E-state index is 13.0. The molecule has 1 amide bonds. The van der Waals surface area contributed by atoms with Crippen LogP contribution in [0.15, 0.2) is 54.7 Å². The Balaban J connectivity index is 1.39. The van der Waals surface area contributed by atoms with Crippen molar-refractivity contribution in [3.8, 4) is 0 Å². The van der Waals surface area contributed by atoms with Crippen LogP contribution in [0.25, 0.3) is 0 Å². The molecule has 5 rings (SSSR count). The summed E-state index contributed by atoms with van der Waals surface area (Å²) in [6.07, 6.45) is 1.71. The Morgan fingerprint density at radius 3 is 2.52 bits per heavy atom. The molecule has 1 saturated heterocycles. The van der Waals surface area contributed by atoms with Crippen molar-refractivity contribution in [2.45, 2.75) is 6.54 Å². The highest BCUT2D eigenvalue weighted by Crippen LogP contribution is 2.37. The van der Waals surface area contributed by atoms with E-state index in [0.717, 1.165) is 44.1 Å². The van der Waals surface area contributed by atoms with Crippen molar-refractivity contribution < 1.29 is 4.79 Å². The van der Waals surface area contributed by atoms with Crippen molar-refractivity contribution in [2.75, 3.05) is 62.4 Å². The van der Waals surface area contributed by atoms with Gasteiger partial charge in [0.1, 0.15) is 5.69 Å². The van der Waals surface area contributed by atoms with Gasteiger partial charge in [0.25, 0.3) is 5.91 Å². The molecule has 3 heterocycles. The second kappa shape index (κ2) is 8.80. The normalized spacial score (nSPS) is 16.9. The Labute approximate surface area is 194 Å². The first-order valence-corrected chi connectivity index (χ1v) is 11.2. The number of carbonyl (C=O) groups excluding carboxylic acids is 1. The molecule has 8 nitrogen and oxygen atoms in total. The van der Waals surface area contributed by atoms with E-state index in [1.807, 2.05) is 42.3 Å². The van der Waals surface area contributed by atoms with Crippen LogP contribution in [0.1, 0.15) is 15.9 Å². The predicted molar refractivity (Wildman–Crippen MR) is 132 cm³/mol. The van der Waals surface area contributed by atoms with Gasteiger partial charge in [-0.1, -0.05) is 24.3 Å². The molecule has 0 radical (unpaired) electrons. The number of rotatable bonds is 4. The monoisotopic (exact) mass is 443 g/mol. The lowest BCUT2D eigenvalue weighted by atomic mass is 10.1. The van der Waals surface area contributed by atoms with Gasteiger partial charge >= 0.3 is 0 Å². The number of anilines is 5. The molecule has 0 aliphatic carbocycles. The fraction of sp³-hybridized carbons (Fsp3) is 0.320. The molecule has 33 heavy (non-hydrogen) atoms. The van der Waals surface area contributed by atoms with Crippen molar-refractivity contribution in [1.29, 1.82) is 0 Å². The average Bonchev–Trinajstić information content (AvgIpc) is 2.91. The number of benzene rings is 2. The minimum absolute atomic E-state index is 0.0721. The molecule has 1 aromatic heterocycles. The Morgan fingerprint density at radius 2 is 1.70 bits per heavy atom. The standard InChI is InChI=1S/C25H29N7O/c1-29-11-13-32(14-12-29)17-18-7-6-8-19(15-18)27-25-26-16-22-23(28-25)30(2)21-10-5-4-9-20(21)24(33)31(22)3/h4-10,15-16H,11-14,17H2,1-3H3,(H,26,27,28). The van der Waals surface area contributed by atoms with Gasteiger partial charge in [-0.15, -0.1) is 0 Å². The SMILES string of the molecule is CN1CCN(Cc2cccc(Nc3ncc4c(n3)N(C)c3ccccc3C(=O)N4C)c2)CC1. The van der Waals surface area contributed by atoms with Gasteiger partial charge in [0, 0.05) is 52.5 Å². The maximum atomic E-state index is 13.0. The van der Waals surface area contributed by atoms with Gasteiger partial charge in [-0.05, 0) is 36.9 Å². The number of piperazine rings is 1. The molecule has 2 aromatic carbocycles. The van der Waals surface area contributed by atoms with Crippen LogP contribution in [-0.2, 0) is 6.54 Å². The zero-order valence-electron chi connectivity index (χ0n) is 19.3. The van der Waals surface area contributed by atoms with Crippen LogP contribution in [-0.4, -0.2) is 73.0 Å². The number of aromatic nitrogens is 2. The lowest BCUT2D eigenvalue weighted by molar-refractivity contribution is 0.0994. The van der Waals surface area contributed by atoms with E-state index in [2.05, 4.69) is 45.3 Å². The molecule has 0 atom stereocenters. The Kier molecular flexibility index (Phi) is 5.70. The summed E-state index contributed by atoms with van der Waals surface area (Å²) >= 11 is 0. The molecule has 2 aliphatic heterocycles. The van der Waals surface area contributed by atoms with Crippen LogP contribution in [0, 0.1) is 0 Å². The number of fused-ring (bicyclic) bond motifs is 2. The highest BCUT2D eigenvalue weighted by molar-refractivity contribution is 6.13. The molecule has 3 aromatic rings. The molecule has 170 valence electrons. The summed E-state index contributed by atoms with van der Waals surface area (Å²) < 4.78 is 0. The topological polar surface area (TPSA) is 67.8 Å². The molecule has 0 spiro atoms. The van der Waals surface area contributed by atoms with Crippen LogP contribution >= 0.6 is 0 Å².